The fourth-order valence-corrected chi connectivity index (χ4v) is 3.02. The molecule has 128 valence electrons. The molecule has 1 atom stereocenters. The first-order valence-electron chi connectivity index (χ1n) is 8.38. The number of amides is 1. The lowest BCUT2D eigenvalue weighted by Crippen LogP contribution is -2.41. The average Bonchev–Trinajstić information content (AvgIpc) is 2.54. The van der Waals surface area contributed by atoms with Crippen LogP contribution in [0, 0.1) is 5.92 Å². The van der Waals surface area contributed by atoms with E-state index in [-0.39, 0.29) is 11.8 Å². The van der Waals surface area contributed by atoms with Gasteiger partial charge in [-0.1, -0.05) is 37.6 Å². The first kappa shape index (κ1) is 18.2. The van der Waals surface area contributed by atoms with Crippen LogP contribution in [0.25, 0.3) is 0 Å². The van der Waals surface area contributed by atoms with Gasteiger partial charge in [0.25, 0.3) is 0 Å². The molecule has 0 radical (unpaired) electrons. The number of ether oxygens (including phenoxy) is 1. The standard InChI is InChI=1S/C18H27ClN2O2/c1-14(2)17(15-3-5-16(19)6-4-15)13-18(22)20-7-8-21-9-11-23-12-10-21/h3-6,14,17H,7-13H2,1-2H3,(H,20,22). The zero-order valence-electron chi connectivity index (χ0n) is 14.1. The number of nitrogens with zero attached hydrogens (tertiary/aromatic N) is 1. The molecule has 2 rings (SSSR count). The molecule has 1 aliphatic rings. The molecule has 1 unspecified atom stereocenters. The summed E-state index contributed by atoms with van der Waals surface area (Å²) < 4.78 is 5.33. The molecule has 1 N–H and O–H groups in total. The Hall–Kier alpha value is -1.10. The second kappa shape index (κ2) is 9.26. The van der Waals surface area contributed by atoms with Crippen molar-refractivity contribution in [2.75, 3.05) is 39.4 Å². The maximum absolute atomic E-state index is 12.3. The molecule has 1 aliphatic heterocycles. The van der Waals surface area contributed by atoms with Crippen molar-refractivity contribution in [3.05, 3.63) is 34.9 Å². The van der Waals surface area contributed by atoms with Crippen LogP contribution in [0.5, 0.6) is 0 Å². The molecule has 1 fully saturated rings. The number of benzene rings is 1. The topological polar surface area (TPSA) is 41.6 Å². The van der Waals surface area contributed by atoms with Crippen LogP contribution in [0.15, 0.2) is 24.3 Å². The Balaban J connectivity index is 1.79. The second-order valence-corrected chi connectivity index (χ2v) is 6.85. The number of carbonyl (C=O) groups excluding carboxylic acids is 1. The van der Waals surface area contributed by atoms with Gasteiger partial charge in [-0.3, -0.25) is 9.69 Å². The predicted molar refractivity (Wildman–Crippen MR) is 93.9 cm³/mol. The molecule has 1 aromatic rings. The number of nitrogens with one attached hydrogen (secondary N) is 1. The molecule has 1 aromatic carbocycles. The highest BCUT2D eigenvalue weighted by atomic mass is 35.5. The lowest BCUT2D eigenvalue weighted by molar-refractivity contribution is -0.121. The molecule has 4 nitrogen and oxygen atoms in total. The van der Waals surface area contributed by atoms with Crippen LogP contribution in [-0.4, -0.2) is 50.2 Å². The van der Waals surface area contributed by atoms with E-state index >= 15 is 0 Å². The number of hydrogen-bond acceptors (Lipinski definition) is 3. The Kier molecular flexibility index (Phi) is 7.34. The Morgan fingerprint density at radius 3 is 2.52 bits per heavy atom. The summed E-state index contributed by atoms with van der Waals surface area (Å²) in [6.45, 7) is 9.39. The van der Waals surface area contributed by atoms with Crippen LogP contribution < -0.4 is 5.32 Å². The summed E-state index contributed by atoms with van der Waals surface area (Å²) in [4.78, 5) is 14.6. The van der Waals surface area contributed by atoms with Crippen LogP contribution in [0.3, 0.4) is 0 Å². The minimum Gasteiger partial charge on any atom is -0.379 e. The van der Waals surface area contributed by atoms with E-state index in [9.17, 15) is 4.79 Å². The van der Waals surface area contributed by atoms with E-state index in [1.54, 1.807) is 0 Å². The van der Waals surface area contributed by atoms with Gasteiger partial charge in [-0.15, -0.1) is 0 Å². The maximum Gasteiger partial charge on any atom is 0.220 e. The molecule has 1 amide bonds. The minimum absolute atomic E-state index is 0.118. The van der Waals surface area contributed by atoms with Crippen molar-refractivity contribution in [1.82, 2.24) is 10.2 Å². The van der Waals surface area contributed by atoms with Crippen LogP contribution >= 0.6 is 11.6 Å². The van der Waals surface area contributed by atoms with E-state index < -0.39 is 0 Å². The molecule has 1 saturated heterocycles. The normalized spacial score (nSPS) is 17.2. The van der Waals surface area contributed by atoms with Crippen molar-refractivity contribution in [2.24, 2.45) is 5.92 Å². The van der Waals surface area contributed by atoms with Gasteiger partial charge in [0.2, 0.25) is 5.91 Å². The van der Waals surface area contributed by atoms with E-state index in [0.717, 1.165) is 37.9 Å². The van der Waals surface area contributed by atoms with Crippen molar-refractivity contribution < 1.29 is 9.53 Å². The van der Waals surface area contributed by atoms with E-state index in [4.69, 9.17) is 16.3 Å². The molecule has 0 bridgehead atoms. The monoisotopic (exact) mass is 338 g/mol. The number of hydrogen-bond donors (Lipinski definition) is 1. The molecule has 0 aliphatic carbocycles. The first-order chi connectivity index (χ1) is 11.1. The van der Waals surface area contributed by atoms with E-state index in [2.05, 4.69) is 24.1 Å². The molecule has 0 saturated carbocycles. The quantitative estimate of drug-likeness (QED) is 0.831. The number of halogens is 1. The summed E-state index contributed by atoms with van der Waals surface area (Å²) >= 11 is 5.95. The number of carbonyl (C=O) groups is 1. The van der Waals surface area contributed by atoms with E-state index in [1.165, 1.54) is 5.56 Å². The molecular formula is C18H27ClN2O2. The number of morpholine rings is 1. The Morgan fingerprint density at radius 2 is 1.91 bits per heavy atom. The van der Waals surface area contributed by atoms with Gasteiger partial charge in [0, 0.05) is 37.6 Å². The van der Waals surface area contributed by atoms with Crippen molar-refractivity contribution in [3.63, 3.8) is 0 Å². The van der Waals surface area contributed by atoms with Gasteiger partial charge in [0.05, 0.1) is 13.2 Å². The van der Waals surface area contributed by atoms with E-state index in [1.807, 2.05) is 24.3 Å². The molecule has 5 heteroatoms. The third kappa shape index (κ3) is 6.13. The Labute approximate surface area is 144 Å². The predicted octanol–water partition coefficient (Wildman–Crippen LogP) is 2.92. The first-order valence-corrected chi connectivity index (χ1v) is 8.76. The Morgan fingerprint density at radius 1 is 1.26 bits per heavy atom. The summed E-state index contributed by atoms with van der Waals surface area (Å²) in [5, 5.41) is 3.78. The van der Waals surface area contributed by atoms with Crippen LogP contribution in [0.1, 0.15) is 31.7 Å². The van der Waals surface area contributed by atoms with Crippen molar-refractivity contribution >= 4 is 17.5 Å². The SMILES string of the molecule is CC(C)C(CC(=O)NCCN1CCOCC1)c1ccc(Cl)cc1. The van der Waals surface area contributed by atoms with Crippen LogP contribution in [-0.2, 0) is 9.53 Å². The largest absolute Gasteiger partial charge is 0.379 e. The van der Waals surface area contributed by atoms with Gasteiger partial charge in [0.15, 0.2) is 0 Å². The molecular weight excluding hydrogens is 312 g/mol. The highest BCUT2D eigenvalue weighted by Gasteiger charge is 2.19. The molecule has 0 spiro atoms. The lowest BCUT2D eigenvalue weighted by Gasteiger charge is -2.26. The van der Waals surface area contributed by atoms with E-state index in [0.29, 0.717) is 18.9 Å². The number of rotatable bonds is 7. The van der Waals surface area contributed by atoms with Gasteiger partial charge >= 0.3 is 0 Å². The van der Waals surface area contributed by atoms with Gasteiger partial charge in [-0.25, -0.2) is 0 Å². The third-order valence-electron chi connectivity index (χ3n) is 4.36. The summed E-state index contributed by atoms with van der Waals surface area (Å²) in [5.74, 6) is 0.740. The molecule has 23 heavy (non-hydrogen) atoms. The summed E-state index contributed by atoms with van der Waals surface area (Å²) in [5.41, 5.74) is 1.17. The summed E-state index contributed by atoms with van der Waals surface area (Å²) in [6, 6.07) is 7.83. The van der Waals surface area contributed by atoms with Crippen LogP contribution in [0.2, 0.25) is 5.02 Å². The van der Waals surface area contributed by atoms with Gasteiger partial charge in [-0.2, -0.15) is 0 Å². The second-order valence-electron chi connectivity index (χ2n) is 6.41. The van der Waals surface area contributed by atoms with Crippen LogP contribution in [0.4, 0.5) is 0 Å². The van der Waals surface area contributed by atoms with Gasteiger partial charge < -0.3 is 10.1 Å². The summed E-state index contributed by atoms with van der Waals surface area (Å²) in [7, 11) is 0. The zero-order valence-corrected chi connectivity index (χ0v) is 14.8. The molecule has 0 aromatic heterocycles. The van der Waals surface area contributed by atoms with Crippen molar-refractivity contribution in [1.29, 1.82) is 0 Å². The van der Waals surface area contributed by atoms with Gasteiger partial charge in [-0.05, 0) is 29.5 Å². The van der Waals surface area contributed by atoms with Crippen molar-refractivity contribution in [2.45, 2.75) is 26.2 Å². The highest BCUT2D eigenvalue weighted by Crippen LogP contribution is 2.28. The van der Waals surface area contributed by atoms with Gasteiger partial charge in [0.1, 0.15) is 0 Å². The minimum atomic E-state index is 0.118. The average molecular weight is 339 g/mol. The fraction of sp³-hybridized carbons (Fsp3) is 0.611. The lowest BCUT2D eigenvalue weighted by atomic mass is 9.85. The fourth-order valence-electron chi connectivity index (χ4n) is 2.90. The summed E-state index contributed by atoms with van der Waals surface area (Å²) in [6.07, 6.45) is 0.516. The Bertz CT molecular complexity index is 484. The van der Waals surface area contributed by atoms with Crippen molar-refractivity contribution in [3.8, 4) is 0 Å². The smallest absolute Gasteiger partial charge is 0.220 e. The maximum atomic E-state index is 12.3. The molecule has 1 heterocycles. The highest BCUT2D eigenvalue weighted by molar-refractivity contribution is 6.30. The third-order valence-corrected chi connectivity index (χ3v) is 4.61. The zero-order chi connectivity index (χ0) is 16.7.